The van der Waals surface area contributed by atoms with Gasteiger partial charge in [0.15, 0.2) is 0 Å². The summed E-state index contributed by atoms with van der Waals surface area (Å²) in [5.74, 6) is 0.874. The van der Waals surface area contributed by atoms with Crippen LogP contribution in [0, 0.1) is 10.1 Å². The van der Waals surface area contributed by atoms with Crippen LogP contribution in [0.25, 0.3) is 0 Å². The second kappa shape index (κ2) is 8.57. The van der Waals surface area contributed by atoms with E-state index in [9.17, 15) is 14.9 Å². The van der Waals surface area contributed by atoms with Gasteiger partial charge in [-0.05, 0) is 42.7 Å². The van der Waals surface area contributed by atoms with E-state index in [-0.39, 0.29) is 11.3 Å². The predicted octanol–water partition coefficient (Wildman–Crippen LogP) is 3.88. The molecule has 1 heterocycles. The van der Waals surface area contributed by atoms with Gasteiger partial charge in [-0.3, -0.25) is 14.9 Å². The molecule has 0 unspecified atom stereocenters. The Morgan fingerprint density at radius 2 is 2.04 bits per heavy atom. The van der Waals surface area contributed by atoms with Crippen LogP contribution < -0.4 is 10.1 Å². The molecule has 1 aromatic heterocycles. The van der Waals surface area contributed by atoms with Crippen molar-refractivity contribution in [3.05, 3.63) is 76.4 Å². The molecule has 0 atom stereocenters. The normalized spacial score (nSPS) is 10.5. The van der Waals surface area contributed by atoms with Crippen molar-refractivity contribution < 1.29 is 14.5 Å². The summed E-state index contributed by atoms with van der Waals surface area (Å²) in [6.45, 7) is 0.322. The molecule has 3 rings (SSSR count). The van der Waals surface area contributed by atoms with E-state index in [1.165, 1.54) is 23.9 Å². The smallest absolute Gasteiger partial charge is 0.282 e. The number of nitro benzene ring substituents is 1. The van der Waals surface area contributed by atoms with E-state index >= 15 is 0 Å². The van der Waals surface area contributed by atoms with Crippen molar-refractivity contribution in [2.75, 3.05) is 11.6 Å². The van der Waals surface area contributed by atoms with Crippen molar-refractivity contribution in [3.63, 3.8) is 0 Å². The summed E-state index contributed by atoms with van der Waals surface area (Å²) in [5, 5.41) is 13.9. The maximum absolute atomic E-state index is 12.5. The van der Waals surface area contributed by atoms with Crippen LogP contribution in [0.4, 0.5) is 11.4 Å². The highest BCUT2D eigenvalue weighted by Crippen LogP contribution is 2.26. The number of thioether (sulfide) groups is 1. The largest absolute Gasteiger partial charge is 0.486 e. The number of rotatable bonds is 7. The number of benzene rings is 2. The Hall–Kier alpha value is -3.33. The highest BCUT2D eigenvalue weighted by Gasteiger charge is 2.20. The molecule has 0 aliphatic carbocycles. The molecule has 0 saturated carbocycles. The number of nitrogens with one attached hydrogen (secondary N) is 1. The van der Waals surface area contributed by atoms with Crippen LogP contribution in [-0.2, 0) is 13.7 Å². The first-order valence-corrected chi connectivity index (χ1v) is 9.53. The Balaban J connectivity index is 1.69. The van der Waals surface area contributed by atoms with Gasteiger partial charge < -0.3 is 14.6 Å². The number of aromatic nitrogens is 2. The summed E-state index contributed by atoms with van der Waals surface area (Å²) < 4.78 is 7.53. The highest BCUT2D eigenvalue weighted by molar-refractivity contribution is 7.98. The summed E-state index contributed by atoms with van der Waals surface area (Å²) >= 11 is 1.41. The van der Waals surface area contributed by atoms with Crippen LogP contribution in [-0.4, -0.2) is 26.6 Å². The number of hydrogen-bond acceptors (Lipinski definition) is 6. The Morgan fingerprint density at radius 3 is 2.64 bits per heavy atom. The lowest BCUT2D eigenvalue weighted by molar-refractivity contribution is -0.385. The quantitative estimate of drug-likeness (QED) is 0.368. The molecule has 0 fully saturated rings. The van der Waals surface area contributed by atoms with Gasteiger partial charge in [-0.2, -0.15) is 0 Å². The van der Waals surface area contributed by atoms with Crippen LogP contribution in [0.5, 0.6) is 5.75 Å². The molecule has 0 aliphatic rings. The number of anilines is 1. The van der Waals surface area contributed by atoms with Gasteiger partial charge in [0, 0.05) is 36.1 Å². The first kappa shape index (κ1) is 19.4. The average Bonchev–Trinajstić information content (AvgIpc) is 3.11. The minimum atomic E-state index is -0.562. The number of imidazole rings is 1. The lowest BCUT2D eigenvalue weighted by Crippen LogP contribution is -2.14. The zero-order chi connectivity index (χ0) is 20.1. The lowest BCUT2D eigenvalue weighted by atomic mass is 10.1. The number of ether oxygens (including phenoxy) is 1. The number of aryl methyl sites for hydroxylation is 1. The first-order valence-electron chi connectivity index (χ1n) is 8.31. The zero-order valence-electron chi connectivity index (χ0n) is 15.3. The number of hydrogen-bond donors (Lipinski definition) is 1. The molecule has 8 nitrogen and oxygen atoms in total. The lowest BCUT2D eigenvalue weighted by Gasteiger charge is -2.09. The summed E-state index contributed by atoms with van der Waals surface area (Å²) in [4.78, 5) is 28.1. The Kier molecular flexibility index (Phi) is 5.95. The van der Waals surface area contributed by atoms with Gasteiger partial charge in [-0.15, -0.1) is 11.8 Å². The second-order valence-electron chi connectivity index (χ2n) is 5.86. The second-order valence-corrected chi connectivity index (χ2v) is 6.74. The van der Waals surface area contributed by atoms with E-state index in [0.717, 1.165) is 10.7 Å². The van der Waals surface area contributed by atoms with Crippen molar-refractivity contribution in [1.29, 1.82) is 0 Å². The highest BCUT2D eigenvalue weighted by atomic mass is 32.2. The van der Waals surface area contributed by atoms with Crippen LogP contribution in [0.3, 0.4) is 0 Å². The third-order valence-corrected chi connectivity index (χ3v) is 4.77. The van der Waals surface area contributed by atoms with E-state index in [1.807, 2.05) is 24.1 Å². The van der Waals surface area contributed by atoms with Crippen LogP contribution in [0.1, 0.15) is 16.2 Å². The Morgan fingerprint density at radius 1 is 1.29 bits per heavy atom. The van der Waals surface area contributed by atoms with Crippen molar-refractivity contribution in [2.45, 2.75) is 11.5 Å². The molecule has 3 aromatic rings. The number of carbonyl (C=O) groups is 1. The van der Waals surface area contributed by atoms with Crippen molar-refractivity contribution in [2.24, 2.45) is 7.05 Å². The van der Waals surface area contributed by atoms with E-state index in [2.05, 4.69) is 10.3 Å². The van der Waals surface area contributed by atoms with Gasteiger partial charge in [0.1, 0.15) is 23.7 Å². The molecular weight excluding hydrogens is 380 g/mol. The third-order valence-electron chi connectivity index (χ3n) is 4.05. The molecule has 0 saturated heterocycles. The van der Waals surface area contributed by atoms with E-state index in [0.29, 0.717) is 18.0 Å². The van der Waals surface area contributed by atoms with Gasteiger partial charge in [0.2, 0.25) is 0 Å². The van der Waals surface area contributed by atoms with Gasteiger partial charge in [-0.25, -0.2) is 4.98 Å². The number of carbonyl (C=O) groups excluding carboxylic acids is 1. The topological polar surface area (TPSA) is 99.3 Å². The fourth-order valence-electron chi connectivity index (χ4n) is 2.50. The molecule has 1 N–H and O–H groups in total. The number of nitro groups is 1. The average molecular weight is 398 g/mol. The maximum Gasteiger partial charge on any atom is 0.282 e. The molecule has 28 heavy (non-hydrogen) atoms. The molecular formula is C19H18N4O4S. The van der Waals surface area contributed by atoms with Gasteiger partial charge >= 0.3 is 0 Å². The summed E-state index contributed by atoms with van der Waals surface area (Å²) in [7, 11) is 1.88. The molecule has 1 amide bonds. The van der Waals surface area contributed by atoms with Crippen molar-refractivity contribution in [3.8, 4) is 5.75 Å². The predicted molar refractivity (Wildman–Crippen MR) is 107 cm³/mol. The minimum Gasteiger partial charge on any atom is -0.486 e. The Bertz CT molecular complexity index is 1000. The van der Waals surface area contributed by atoms with Crippen molar-refractivity contribution >= 4 is 29.0 Å². The molecule has 0 spiro atoms. The van der Waals surface area contributed by atoms with E-state index in [1.54, 1.807) is 36.5 Å². The van der Waals surface area contributed by atoms with Crippen molar-refractivity contribution in [1.82, 2.24) is 9.55 Å². The third kappa shape index (κ3) is 4.49. The fourth-order valence-corrected chi connectivity index (χ4v) is 2.94. The molecule has 144 valence electrons. The van der Waals surface area contributed by atoms with E-state index in [4.69, 9.17) is 4.74 Å². The van der Waals surface area contributed by atoms with E-state index < -0.39 is 10.8 Å². The van der Waals surface area contributed by atoms with Crippen LogP contribution >= 0.6 is 11.8 Å². The molecule has 0 aliphatic heterocycles. The van der Waals surface area contributed by atoms with Gasteiger partial charge in [-0.1, -0.05) is 0 Å². The summed E-state index contributed by atoms with van der Waals surface area (Å²) in [6.07, 6.45) is 5.37. The van der Waals surface area contributed by atoms with Gasteiger partial charge in [0.05, 0.1) is 4.92 Å². The van der Waals surface area contributed by atoms with Crippen LogP contribution in [0.15, 0.2) is 59.8 Å². The fraction of sp³-hybridized carbons (Fsp3) is 0.158. The minimum absolute atomic E-state index is 0.0203. The van der Waals surface area contributed by atoms with Crippen LogP contribution in [0.2, 0.25) is 0 Å². The molecule has 0 radical (unpaired) electrons. The standard InChI is InChI=1S/C19H18N4O4S/c1-22-10-9-20-18(22)12-27-14-5-3-13(4-6-14)21-19(24)16-11-15(28-2)7-8-17(16)23(25)26/h3-11H,12H2,1-2H3,(H,21,24). The van der Waals surface area contributed by atoms with Gasteiger partial charge in [0.25, 0.3) is 11.6 Å². The zero-order valence-corrected chi connectivity index (χ0v) is 16.1. The molecule has 0 bridgehead atoms. The maximum atomic E-state index is 12.5. The Labute approximate surface area is 165 Å². The molecule has 2 aromatic carbocycles. The monoisotopic (exact) mass is 398 g/mol. The molecule has 9 heteroatoms. The number of nitrogens with zero attached hydrogens (tertiary/aromatic N) is 3. The first-order chi connectivity index (χ1) is 13.5. The summed E-state index contributed by atoms with van der Waals surface area (Å²) in [5.41, 5.74) is 0.301. The number of amides is 1. The SMILES string of the molecule is CSc1ccc([N+](=O)[O-])c(C(=O)Nc2ccc(OCc3nccn3C)cc2)c1. The summed E-state index contributed by atoms with van der Waals surface area (Å²) in [6, 6.07) is 11.3.